The van der Waals surface area contributed by atoms with Crippen molar-refractivity contribution in [2.24, 2.45) is 5.92 Å². The molecule has 11 heteroatoms. The Morgan fingerprint density at radius 2 is 1.97 bits per heavy atom. The Morgan fingerprint density at radius 1 is 1.24 bits per heavy atom. The quantitative estimate of drug-likeness (QED) is 0.552. The number of hydrogen-bond donors (Lipinski definition) is 0. The highest BCUT2D eigenvalue weighted by Gasteiger charge is 2.45. The van der Waals surface area contributed by atoms with Gasteiger partial charge in [0.25, 0.3) is 0 Å². The second-order valence-electron chi connectivity index (χ2n) is 10.3. The number of aromatic nitrogens is 5. The van der Waals surface area contributed by atoms with Crippen LogP contribution in [0.3, 0.4) is 0 Å². The molecule has 1 aromatic carbocycles. The van der Waals surface area contributed by atoms with Gasteiger partial charge in [-0.15, -0.1) is 5.10 Å². The van der Waals surface area contributed by atoms with Gasteiger partial charge in [-0.05, 0) is 38.8 Å². The van der Waals surface area contributed by atoms with Gasteiger partial charge in [0.05, 0.1) is 29.3 Å². The summed E-state index contributed by atoms with van der Waals surface area (Å²) in [5.41, 5.74) is 1.24. The van der Waals surface area contributed by atoms with E-state index in [2.05, 4.69) is 15.4 Å². The van der Waals surface area contributed by atoms with Crippen molar-refractivity contribution in [1.29, 1.82) is 0 Å². The third-order valence-electron chi connectivity index (χ3n) is 6.19. The van der Waals surface area contributed by atoms with Gasteiger partial charge in [0.1, 0.15) is 17.1 Å². The van der Waals surface area contributed by atoms with Crippen LogP contribution < -0.4 is 0 Å². The molecular formula is C23H27F3N6O2. The standard InChI is InChI=1S/C23H27F3N6O2/c1-22(2,3)34-21(33)30-10-15(11-30)20-19-17(24)5-4-6-18(19)32(28-20)13-16-12-31(29-27-16)9-14-7-23(25,26)8-14/h4-6,12,14-15H,7-11,13H2,1-3H3. The highest BCUT2D eigenvalue weighted by molar-refractivity contribution is 5.84. The van der Waals surface area contributed by atoms with Crippen LogP contribution >= 0.6 is 0 Å². The molecule has 182 valence electrons. The molecule has 0 radical (unpaired) electrons. The number of likely N-dealkylation sites (tertiary alicyclic amines) is 1. The molecule has 0 spiro atoms. The lowest BCUT2D eigenvalue weighted by molar-refractivity contribution is -0.114. The van der Waals surface area contributed by atoms with Crippen LogP contribution in [-0.4, -0.2) is 60.4 Å². The van der Waals surface area contributed by atoms with Crippen LogP contribution in [0.4, 0.5) is 18.0 Å². The Morgan fingerprint density at radius 3 is 2.65 bits per heavy atom. The molecule has 34 heavy (non-hydrogen) atoms. The van der Waals surface area contributed by atoms with E-state index >= 15 is 0 Å². The van der Waals surface area contributed by atoms with E-state index < -0.39 is 17.6 Å². The van der Waals surface area contributed by atoms with Crippen molar-refractivity contribution in [3.63, 3.8) is 0 Å². The van der Waals surface area contributed by atoms with Crippen molar-refractivity contribution in [2.75, 3.05) is 13.1 Å². The molecule has 1 amide bonds. The van der Waals surface area contributed by atoms with Gasteiger partial charge < -0.3 is 9.64 Å². The van der Waals surface area contributed by atoms with Gasteiger partial charge in [-0.3, -0.25) is 9.36 Å². The maximum Gasteiger partial charge on any atom is 0.410 e. The van der Waals surface area contributed by atoms with Crippen LogP contribution in [0.5, 0.6) is 0 Å². The van der Waals surface area contributed by atoms with Crippen LogP contribution in [0.25, 0.3) is 10.9 Å². The van der Waals surface area contributed by atoms with Gasteiger partial charge in [-0.1, -0.05) is 11.3 Å². The summed E-state index contributed by atoms with van der Waals surface area (Å²) >= 11 is 0. The van der Waals surface area contributed by atoms with Crippen molar-refractivity contribution < 1.29 is 22.7 Å². The molecule has 1 aliphatic carbocycles. The van der Waals surface area contributed by atoms with Crippen molar-refractivity contribution in [3.8, 4) is 0 Å². The number of rotatable bonds is 5. The van der Waals surface area contributed by atoms with E-state index in [1.165, 1.54) is 6.07 Å². The molecule has 2 aliphatic rings. The van der Waals surface area contributed by atoms with E-state index in [0.717, 1.165) is 0 Å². The van der Waals surface area contributed by atoms with Gasteiger partial charge in [0.2, 0.25) is 5.92 Å². The molecule has 0 atom stereocenters. The van der Waals surface area contributed by atoms with E-state index in [1.807, 2.05) is 20.8 Å². The monoisotopic (exact) mass is 476 g/mol. The summed E-state index contributed by atoms with van der Waals surface area (Å²) in [7, 11) is 0. The minimum Gasteiger partial charge on any atom is -0.444 e. The third kappa shape index (κ3) is 4.47. The summed E-state index contributed by atoms with van der Waals surface area (Å²) in [5, 5.41) is 13.3. The van der Waals surface area contributed by atoms with E-state index in [0.29, 0.717) is 41.9 Å². The number of amides is 1. The van der Waals surface area contributed by atoms with E-state index in [1.54, 1.807) is 32.6 Å². The first kappa shape index (κ1) is 22.7. The Balaban J connectivity index is 1.31. The van der Waals surface area contributed by atoms with E-state index in [-0.39, 0.29) is 37.0 Å². The van der Waals surface area contributed by atoms with Crippen molar-refractivity contribution in [2.45, 2.75) is 64.1 Å². The molecule has 2 aromatic heterocycles. The van der Waals surface area contributed by atoms with Gasteiger partial charge >= 0.3 is 6.09 Å². The van der Waals surface area contributed by atoms with E-state index in [4.69, 9.17) is 4.74 Å². The molecule has 8 nitrogen and oxygen atoms in total. The van der Waals surface area contributed by atoms with Gasteiger partial charge in [0, 0.05) is 38.4 Å². The Bertz CT molecular complexity index is 1220. The third-order valence-corrected chi connectivity index (χ3v) is 6.19. The van der Waals surface area contributed by atoms with Crippen molar-refractivity contribution in [3.05, 3.63) is 41.6 Å². The number of nitrogens with zero attached hydrogens (tertiary/aromatic N) is 6. The zero-order valence-corrected chi connectivity index (χ0v) is 19.3. The van der Waals surface area contributed by atoms with Crippen LogP contribution in [-0.2, 0) is 17.8 Å². The maximum absolute atomic E-state index is 14.8. The SMILES string of the molecule is CC(C)(C)OC(=O)N1CC(c2nn(Cc3cn(CC4CC(F)(F)C4)nn3)c3cccc(F)c23)C1. The van der Waals surface area contributed by atoms with Crippen LogP contribution in [0, 0.1) is 11.7 Å². The van der Waals surface area contributed by atoms with Crippen LogP contribution in [0.1, 0.15) is 50.9 Å². The van der Waals surface area contributed by atoms with Crippen LogP contribution in [0.2, 0.25) is 0 Å². The topological polar surface area (TPSA) is 78.1 Å². The number of hydrogen-bond acceptors (Lipinski definition) is 5. The smallest absolute Gasteiger partial charge is 0.410 e. The maximum atomic E-state index is 14.8. The lowest BCUT2D eigenvalue weighted by Gasteiger charge is -2.39. The molecule has 0 bridgehead atoms. The average molecular weight is 477 g/mol. The fourth-order valence-corrected chi connectivity index (χ4v) is 4.58. The normalized spacial score (nSPS) is 18.7. The molecule has 5 rings (SSSR count). The number of halogens is 3. The Kier molecular flexibility index (Phi) is 5.33. The predicted molar refractivity (Wildman–Crippen MR) is 117 cm³/mol. The largest absolute Gasteiger partial charge is 0.444 e. The molecule has 3 aromatic rings. The van der Waals surface area contributed by atoms with Gasteiger partial charge in [-0.25, -0.2) is 18.0 Å². The fraction of sp³-hybridized carbons (Fsp3) is 0.565. The molecule has 0 N–H and O–H groups in total. The highest BCUT2D eigenvalue weighted by Crippen LogP contribution is 2.43. The zero-order valence-electron chi connectivity index (χ0n) is 19.3. The predicted octanol–water partition coefficient (Wildman–Crippen LogP) is 4.19. The second kappa shape index (κ2) is 7.99. The molecule has 1 saturated heterocycles. The zero-order chi connectivity index (χ0) is 24.3. The minimum atomic E-state index is -2.57. The van der Waals surface area contributed by atoms with Gasteiger partial charge in [0.15, 0.2) is 0 Å². The number of alkyl halides is 2. The number of benzene rings is 1. The summed E-state index contributed by atoms with van der Waals surface area (Å²) in [6.07, 6.45) is 1.07. The molecular weight excluding hydrogens is 449 g/mol. The number of carbonyl (C=O) groups excluding carboxylic acids is 1. The van der Waals surface area contributed by atoms with Crippen LogP contribution in [0.15, 0.2) is 24.4 Å². The lowest BCUT2D eigenvalue weighted by Crippen LogP contribution is -2.50. The lowest BCUT2D eigenvalue weighted by atomic mass is 9.81. The molecule has 1 aliphatic heterocycles. The number of fused-ring (bicyclic) bond motifs is 1. The fourth-order valence-electron chi connectivity index (χ4n) is 4.58. The van der Waals surface area contributed by atoms with Crippen molar-refractivity contribution in [1.82, 2.24) is 29.7 Å². The second-order valence-corrected chi connectivity index (χ2v) is 10.3. The Labute approximate surface area is 194 Å². The number of ether oxygens (including phenoxy) is 1. The summed E-state index contributed by atoms with van der Waals surface area (Å²) in [5.74, 6) is -3.15. The molecule has 2 fully saturated rings. The summed E-state index contributed by atoms with van der Waals surface area (Å²) < 4.78 is 49.6. The molecule has 1 saturated carbocycles. The summed E-state index contributed by atoms with van der Waals surface area (Å²) in [4.78, 5) is 13.9. The highest BCUT2D eigenvalue weighted by atomic mass is 19.3. The molecule has 0 unspecified atom stereocenters. The number of carbonyl (C=O) groups is 1. The first-order chi connectivity index (χ1) is 16.0. The van der Waals surface area contributed by atoms with E-state index in [9.17, 15) is 18.0 Å². The molecule has 3 heterocycles. The van der Waals surface area contributed by atoms with Gasteiger partial charge in [-0.2, -0.15) is 5.10 Å². The Hall–Kier alpha value is -3.11. The first-order valence-corrected chi connectivity index (χ1v) is 11.4. The average Bonchev–Trinajstić information content (AvgIpc) is 3.24. The first-order valence-electron chi connectivity index (χ1n) is 11.4. The van der Waals surface area contributed by atoms with Crippen molar-refractivity contribution >= 4 is 17.0 Å². The summed E-state index contributed by atoms with van der Waals surface area (Å²) in [6, 6.07) is 4.81. The summed E-state index contributed by atoms with van der Waals surface area (Å²) in [6.45, 7) is 6.89. The minimum absolute atomic E-state index is 0.107.